The van der Waals surface area contributed by atoms with Gasteiger partial charge in [-0.3, -0.25) is 9.36 Å². The first kappa shape index (κ1) is 14.9. The van der Waals surface area contributed by atoms with Crippen LogP contribution in [0.3, 0.4) is 0 Å². The van der Waals surface area contributed by atoms with Gasteiger partial charge in [-0.2, -0.15) is 0 Å². The quantitative estimate of drug-likeness (QED) is 0.897. The Morgan fingerprint density at radius 2 is 2.17 bits per heavy atom. The van der Waals surface area contributed by atoms with Crippen LogP contribution in [0, 0.1) is 17.8 Å². The van der Waals surface area contributed by atoms with Gasteiger partial charge in [0.1, 0.15) is 6.54 Å². The third kappa shape index (κ3) is 2.69. The molecule has 3 aliphatic rings. The van der Waals surface area contributed by atoms with Crippen molar-refractivity contribution in [3.63, 3.8) is 0 Å². The molecule has 2 heterocycles. The summed E-state index contributed by atoms with van der Waals surface area (Å²) in [5.74, 6) is 1.49. The van der Waals surface area contributed by atoms with Gasteiger partial charge in [-0.15, -0.1) is 0 Å². The van der Waals surface area contributed by atoms with Crippen molar-refractivity contribution in [1.29, 1.82) is 0 Å². The molecule has 23 heavy (non-hydrogen) atoms. The Balaban J connectivity index is 1.43. The largest absolute Gasteiger partial charge is 0.377 e. The molecule has 1 aromatic heterocycles. The average molecular weight is 317 g/mol. The van der Waals surface area contributed by atoms with Crippen LogP contribution in [-0.4, -0.2) is 34.2 Å². The predicted molar refractivity (Wildman–Crippen MR) is 83.7 cm³/mol. The number of carbonyl (C=O) groups is 1. The molecule has 6 nitrogen and oxygen atoms in total. The number of amides is 1. The highest BCUT2D eigenvalue weighted by atomic mass is 16.5. The maximum absolute atomic E-state index is 12.4. The number of hydrogen-bond donors (Lipinski definition) is 1. The number of aromatic nitrogens is 2. The molecule has 0 aromatic carbocycles. The maximum atomic E-state index is 12.4. The monoisotopic (exact) mass is 317 g/mol. The summed E-state index contributed by atoms with van der Waals surface area (Å²) in [6.45, 7) is 0.853. The van der Waals surface area contributed by atoms with E-state index in [1.54, 1.807) is 12.3 Å². The minimum atomic E-state index is -0.384. The molecule has 3 fully saturated rings. The predicted octanol–water partition coefficient (Wildman–Crippen LogP) is 0.953. The van der Waals surface area contributed by atoms with Crippen molar-refractivity contribution >= 4 is 5.91 Å². The minimum absolute atomic E-state index is 0.0405. The Bertz CT molecular complexity index is 633. The van der Waals surface area contributed by atoms with Crippen molar-refractivity contribution in [3.8, 4) is 0 Å². The molecular formula is C17H23N3O3. The Morgan fingerprint density at radius 3 is 2.96 bits per heavy atom. The van der Waals surface area contributed by atoms with Crippen molar-refractivity contribution in [3.05, 3.63) is 28.9 Å². The van der Waals surface area contributed by atoms with Crippen molar-refractivity contribution < 1.29 is 9.53 Å². The third-order valence-electron chi connectivity index (χ3n) is 5.81. The fourth-order valence-electron chi connectivity index (χ4n) is 4.75. The molecule has 4 rings (SSSR count). The van der Waals surface area contributed by atoms with Gasteiger partial charge in [-0.1, -0.05) is 25.7 Å². The lowest BCUT2D eigenvalue weighted by Crippen LogP contribution is -2.63. The lowest BCUT2D eigenvalue weighted by atomic mass is 9.61. The normalized spacial score (nSPS) is 33.2. The summed E-state index contributed by atoms with van der Waals surface area (Å²) in [6.07, 6.45) is 9.52. The molecule has 1 N–H and O–H groups in total. The smallest absolute Gasteiger partial charge is 0.347 e. The molecule has 1 aliphatic heterocycles. The standard InChI is InChI=1S/C17H23N3O3/c21-13(10-20-8-3-7-18-17(20)22)19-15-12-6-9-23-16(12)14(15)11-4-1-2-5-11/h3,7-8,11-12,14-16H,1-2,4-6,9-10H2,(H,19,21)/t12-,14+,15+,16-/m0/s1. The topological polar surface area (TPSA) is 73.2 Å². The Kier molecular flexibility index (Phi) is 3.93. The number of fused-ring (bicyclic) bond motifs is 1. The Labute approximate surface area is 135 Å². The zero-order valence-electron chi connectivity index (χ0n) is 13.2. The van der Waals surface area contributed by atoms with Crippen molar-refractivity contribution in [2.75, 3.05) is 6.61 Å². The van der Waals surface area contributed by atoms with E-state index in [1.807, 2.05) is 0 Å². The second kappa shape index (κ2) is 6.07. The van der Waals surface area contributed by atoms with E-state index in [0.29, 0.717) is 23.9 Å². The highest BCUT2D eigenvalue weighted by Crippen LogP contribution is 2.51. The van der Waals surface area contributed by atoms with Crippen LogP contribution in [0.2, 0.25) is 0 Å². The molecule has 1 saturated heterocycles. The van der Waals surface area contributed by atoms with Crippen LogP contribution >= 0.6 is 0 Å². The van der Waals surface area contributed by atoms with Gasteiger partial charge >= 0.3 is 5.69 Å². The van der Waals surface area contributed by atoms with Crippen molar-refractivity contribution in [2.45, 2.75) is 50.8 Å². The highest BCUT2D eigenvalue weighted by Gasteiger charge is 2.56. The number of carbonyl (C=O) groups excluding carboxylic acids is 1. The van der Waals surface area contributed by atoms with Crippen LogP contribution in [0.4, 0.5) is 0 Å². The maximum Gasteiger partial charge on any atom is 0.347 e. The summed E-state index contributed by atoms with van der Waals surface area (Å²) in [4.78, 5) is 27.7. The molecule has 1 amide bonds. The van der Waals surface area contributed by atoms with Crippen LogP contribution in [0.25, 0.3) is 0 Å². The van der Waals surface area contributed by atoms with Crippen molar-refractivity contribution in [1.82, 2.24) is 14.9 Å². The van der Waals surface area contributed by atoms with Gasteiger partial charge in [-0.05, 0) is 18.4 Å². The van der Waals surface area contributed by atoms with Crippen LogP contribution in [0.15, 0.2) is 23.3 Å². The van der Waals surface area contributed by atoms with Crippen LogP contribution in [0.5, 0.6) is 0 Å². The van der Waals surface area contributed by atoms with Crippen molar-refractivity contribution in [2.24, 2.45) is 17.8 Å². The zero-order valence-corrected chi connectivity index (χ0v) is 13.2. The number of hydrogen-bond acceptors (Lipinski definition) is 4. The summed E-state index contributed by atoms with van der Waals surface area (Å²) in [5.41, 5.74) is -0.384. The van der Waals surface area contributed by atoms with E-state index in [2.05, 4.69) is 10.3 Å². The molecule has 0 radical (unpaired) electrons. The minimum Gasteiger partial charge on any atom is -0.377 e. The molecule has 0 bridgehead atoms. The van der Waals surface area contributed by atoms with Crippen LogP contribution in [0.1, 0.15) is 32.1 Å². The molecule has 124 valence electrons. The van der Waals surface area contributed by atoms with E-state index in [1.165, 1.54) is 36.4 Å². The number of nitrogens with zero attached hydrogens (tertiary/aromatic N) is 2. The highest BCUT2D eigenvalue weighted by molar-refractivity contribution is 5.76. The summed E-state index contributed by atoms with van der Waals surface area (Å²) in [5, 5.41) is 3.18. The van der Waals surface area contributed by atoms with Crippen LogP contribution < -0.4 is 11.0 Å². The first-order valence-corrected chi connectivity index (χ1v) is 8.66. The van der Waals surface area contributed by atoms with E-state index in [4.69, 9.17) is 4.74 Å². The van der Waals surface area contributed by atoms with E-state index in [9.17, 15) is 9.59 Å². The second-order valence-corrected chi connectivity index (χ2v) is 7.03. The molecule has 1 aromatic rings. The number of ether oxygens (including phenoxy) is 1. The van der Waals surface area contributed by atoms with Gasteiger partial charge in [0.05, 0.1) is 6.10 Å². The van der Waals surface area contributed by atoms with E-state index < -0.39 is 0 Å². The zero-order chi connectivity index (χ0) is 15.8. The molecular weight excluding hydrogens is 294 g/mol. The van der Waals surface area contributed by atoms with E-state index >= 15 is 0 Å². The average Bonchev–Trinajstić information content (AvgIpc) is 3.18. The number of nitrogens with one attached hydrogen (secondary N) is 1. The van der Waals surface area contributed by atoms with Crippen LogP contribution in [-0.2, 0) is 16.1 Å². The first-order chi connectivity index (χ1) is 11.2. The second-order valence-electron chi connectivity index (χ2n) is 7.03. The SMILES string of the molecule is O=C(Cn1cccnc1=O)N[C@@H]1[C@@H]2CCO[C@@H]2[C@@H]1C1CCCC1. The Hall–Kier alpha value is -1.69. The molecule has 2 aliphatic carbocycles. The molecule has 6 heteroatoms. The number of rotatable bonds is 4. The van der Waals surface area contributed by atoms with E-state index in [0.717, 1.165) is 13.0 Å². The lowest BCUT2D eigenvalue weighted by Gasteiger charge is -2.50. The fourth-order valence-corrected chi connectivity index (χ4v) is 4.75. The summed E-state index contributed by atoms with van der Waals surface area (Å²) in [6, 6.07) is 1.88. The van der Waals surface area contributed by atoms with Gasteiger partial charge < -0.3 is 10.1 Å². The summed E-state index contributed by atoms with van der Waals surface area (Å²) in [7, 11) is 0. The molecule has 4 atom stereocenters. The van der Waals surface area contributed by atoms with Gasteiger partial charge in [0.15, 0.2) is 0 Å². The Morgan fingerprint density at radius 1 is 1.35 bits per heavy atom. The first-order valence-electron chi connectivity index (χ1n) is 8.66. The molecule has 2 saturated carbocycles. The molecule has 0 unspecified atom stereocenters. The lowest BCUT2D eigenvalue weighted by molar-refractivity contribution is -0.130. The van der Waals surface area contributed by atoms with Gasteiger partial charge in [0.25, 0.3) is 0 Å². The summed E-state index contributed by atoms with van der Waals surface area (Å²) >= 11 is 0. The van der Waals surface area contributed by atoms with Gasteiger partial charge in [0, 0.05) is 36.9 Å². The van der Waals surface area contributed by atoms with Gasteiger partial charge in [0.2, 0.25) is 5.91 Å². The summed E-state index contributed by atoms with van der Waals surface area (Å²) < 4.78 is 7.26. The van der Waals surface area contributed by atoms with Gasteiger partial charge in [-0.25, -0.2) is 9.78 Å². The fraction of sp³-hybridized carbons (Fsp3) is 0.706. The third-order valence-corrected chi connectivity index (χ3v) is 5.81. The molecule has 0 spiro atoms. The van der Waals surface area contributed by atoms with E-state index in [-0.39, 0.29) is 24.2 Å².